The van der Waals surface area contributed by atoms with Crippen molar-refractivity contribution in [2.75, 3.05) is 0 Å². The van der Waals surface area contributed by atoms with Crippen molar-refractivity contribution in [2.45, 2.75) is 31.7 Å². The van der Waals surface area contributed by atoms with Gasteiger partial charge in [0.1, 0.15) is 17.6 Å². The minimum absolute atomic E-state index is 0.0947. The Morgan fingerprint density at radius 3 is 2.28 bits per heavy atom. The van der Waals surface area contributed by atoms with Crippen molar-refractivity contribution in [2.24, 2.45) is 0 Å². The molecule has 8 nitrogen and oxygen atoms in total. The van der Waals surface area contributed by atoms with Crippen LogP contribution in [0, 0.1) is 0 Å². The highest BCUT2D eigenvalue weighted by atomic mass is 35.5. The minimum atomic E-state index is -4.97. The van der Waals surface area contributed by atoms with Crippen LogP contribution in [0.1, 0.15) is 24.2 Å². The zero-order valence-electron chi connectivity index (χ0n) is 16.8. The normalized spacial score (nSPS) is 13.0. The highest BCUT2D eigenvalue weighted by Gasteiger charge is 2.49. The molecule has 32 heavy (non-hydrogen) atoms. The molecule has 0 aliphatic rings. The summed E-state index contributed by atoms with van der Waals surface area (Å²) < 4.78 is 41.1. The van der Waals surface area contributed by atoms with Crippen LogP contribution in [-0.4, -0.2) is 48.6 Å². The first-order valence-corrected chi connectivity index (χ1v) is 9.51. The van der Waals surface area contributed by atoms with Crippen molar-refractivity contribution in [3.05, 3.63) is 70.0 Å². The molecule has 2 heterocycles. The average Bonchev–Trinajstić information content (AvgIpc) is 2.71. The van der Waals surface area contributed by atoms with Gasteiger partial charge in [0.05, 0.1) is 23.7 Å². The topological polar surface area (TPSA) is 110 Å². The van der Waals surface area contributed by atoms with Gasteiger partial charge in [0, 0.05) is 10.6 Å². The Bertz CT molecular complexity index is 1160. The van der Waals surface area contributed by atoms with Crippen LogP contribution in [0.2, 0.25) is 5.02 Å². The Morgan fingerprint density at radius 2 is 1.75 bits per heavy atom. The summed E-state index contributed by atoms with van der Waals surface area (Å²) in [6, 6.07) is 4.68. The second-order valence-corrected chi connectivity index (χ2v) is 7.80. The quantitative estimate of drug-likeness (QED) is 0.597. The van der Waals surface area contributed by atoms with Gasteiger partial charge < -0.3 is 10.4 Å². The number of nitrogens with zero attached hydrogens (tertiary/aromatic N) is 4. The number of nitrogens with one attached hydrogen (secondary N) is 1. The number of carbonyl (C=O) groups excluding carboxylic acids is 1. The predicted molar refractivity (Wildman–Crippen MR) is 109 cm³/mol. The van der Waals surface area contributed by atoms with Gasteiger partial charge in [-0.3, -0.25) is 9.59 Å². The number of carbonyl (C=O) groups is 1. The van der Waals surface area contributed by atoms with Crippen LogP contribution in [0.4, 0.5) is 13.2 Å². The van der Waals surface area contributed by atoms with E-state index in [1.54, 1.807) is 29.6 Å². The zero-order valence-corrected chi connectivity index (χ0v) is 17.5. The molecule has 0 spiro atoms. The molecule has 0 unspecified atom stereocenters. The molecule has 0 radical (unpaired) electrons. The van der Waals surface area contributed by atoms with E-state index in [2.05, 4.69) is 15.1 Å². The number of aliphatic hydroxyl groups is 1. The summed E-state index contributed by atoms with van der Waals surface area (Å²) >= 11 is 5.89. The average molecular weight is 468 g/mol. The number of rotatable bonds is 5. The van der Waals surface area contributed by atoms with E-state index in [-0.39, 0.29) is 11.4 Å². The number of hydrogen-bond acceptors (Lipinski definition) is 6. The number of amides is 1. The first kappa shape index (κ1) is 23.4. The summed E-state index contributed by atoms with van der Waals surface area (Å²) in [6.07, 6.45) is -1.25. The molecule has 1 amide bonds. The molecule has 2 aromatic heterocycles. The van der Waals surface area contributed by atoms with Crippen molar-refractivity contribution < 1.29 is 23.1 Å². The van der Waals surface area contributed by atoms with E-state index in [1.165, 1.54) is 18.7 Å². The largest absolute Gasteiger partial charge is 0.411 e. The molecular weight excluding hydrogens is 451 g/mol. The van der Waals surface area contributed by atoms with Crippen LogP contribution in [-0.2, 0) is 0 Å². The van der Waals surface area contributed by atoms with Crippen LogP contribution in [0.5, 0.6) is 0 Å². The molecule has 1 atom stereocenters. The Balaban J connectivity index is 2.16. The van der Waals surface area contributed by atoms with Gasteiger partial charge in [0.15, 0.2) is 6.04 Å². The second-order valence-electron chi connectivity index (χ2n) is 7.37. The van der Waals surface area contributed by atoms with Crippen molar-refractivity contribution in [3.63, 3.8) is 0 Å². The lowest BCUT2D eigenvalue weighted by Gasteiger charge is -2.31. The maximum Gasteiger partial charge on any atom is 0.411 e. The summed E-state index contributed by atoms with van der Waals surface area (Å²) in [4.78, 5) is 33.3. The van der Waals surface area contributed by atoms with Gasteiger partial charge in [0.2, 0.25) is 0 Å². The maximum atomic E-state index is 13.4. The molecule has 0 saturated heterocycles. The fourth-order valence-corrected chi connectivity index (χ4v) is 2.99. The van der Waals surface area contributed by atoms with Gasteiger partial charge in [-0.15, -0.1) is 0 Å². The maximum absolute atomic E-state index is 13.4. The van der Waals surface area contributed by atoms with Crippen molar-refractivity contribution in [3.8, 4) is 16.9 Å². The fraction of sp³-hybridized carbons (Fsp3) is 0.250. The van der Waals surface area contributed by atoms with E-state index in [1.807, 2.05) is 0 Å². The van der Waals surface area contributed by atoms with E-state index in [0.717, 1.165) is 24.6 Å². The van der Waals surface area contributed by atoms with E-state index < -0.39 is 34.8 Å². The molecule has 3 rings (SSSR count). The standard InChI is InChI=1S/C20H17ClF3N5O3/c1-19(2,32)18(20(22,23)24)27-16(30)14-7-15(11-3-5-12(21)6-4-11)28-29(17(14)31)13-8-25-10-26-9-13/h3-10,18,32H,1-2H3,(H,27,30)/t18-/m0/s1. The van der Waals surface area contributed by atoms with Gasteiger partial charge in [-0.25, -0.2) is 9.97 Å². The Hall–Kier alpha value is -3.31. The SMILES string of the molecule is CC(C)(O)[C@H](NC(=O)c1cc(-c2ccc(Cl)cc2)nn(-c2cncnc2)c1=O)C(F)(F)F. The molecule has 12 heteroatoms. The lowest BCUT2D eigenvalue weighted by Crippen LogP contribution is -2.58. The molecule has 168 valence electrons. The van der Waals surface area contributed by atoms with Crippen LogP contribution in [0.15, 0.2) is 53.8 Å². The summed E-state index contributed by atoms with van der Waals surface area (Å²) in [5.41, 5.74) is -3.30. The Labute approximate surface area is 184 Å². The van der Waals surface area contributed by atoms with Gasteiger partial charge in [0.25, 0.3) is 11.5 Å². The molecule has 0 aliphatic carbocycles. The van der Waals surface area contributed by atoms with Gasteiger partial charge in [-0.2, -0.15) is 23.0 Å². The van der Waals surface area contributed by atoms with Crippen LogP contribution in [0.3, 0.4) is 0 Å². The number of aromatic nitrogens is 4. The van der Waals surface area contributed by atoms with Gasteiger partial charge in [-0.05, 0) is 32.0 Å². The zero-order chi connectivity index (χ0) is 23.7. The Morgan fingerprint density at radius 1 is 1.16 bits per heavy atom. The molecule has 0 saturated carbocycles. The third-order valence-corrected chi connectivity index (χ3v) is 4.65. The lowest BCUT2D eigenvalue weighted by atomic mass is 9.98. The fourth-order valence-electron chi connectivity index (χ4n) is 2.86. The van der Waals surface area contributed by atoms with Gasteiger partial charge in [-0.1, -0.05) is 23.7 Å². The molecule has 2 N–H and O–H groups in total. The summed E-state index contributed by atoms with van der Waals surface area (Å²) in [5.74, 6) is -1.33. The number of alkyl halides is 3. The molecule has 0 bridgehead atoms. The number of halogens is 4. The highest BCUT2D eigenvalue weighted by molar-refractivity contribution is 6.30. The van der Waals surface area contributed by atoms with E-state index in [4.69, 9.17) is 11.6 Å². The Kier molecular flexibility index (Phi) is 6.33. The first-order valence-electron chi connectivity index (χ1n) is 9.13. The minimum Gasteiger partial charge on any atom is -0.388 e. The smallest absolute Gasteiger partial charge is 0.388 e. The van der Waals surface area contributed by atoms with Crippen LogP contribution < -0.4 is 10.9 Å². The number of benzene rings is 1. The first-order chi connectivity index (χ1) is 14.9. The molecule has 1 aromatic carbocycles. The molecule has 0 aliphatic heterocycles. The monoisotopic (exact) mass is 467 g/mol. The third-order valence-electron chi connectivity index (χ3n) is 4.40. The molecular formula is C20H17ClF3N5O3. The number of hydrogen-bond donors (Lipinski definition) is 2. The predicted octanol–water partition coefficient (Wildman–Crippen LogP) is 2.77. The lowest BCUT2D eigenvalue weighted by molar-refractivity contribution is -0.192. The summed E-state index contributed by atoms with van der Waals surface area (Å²) in [6.45, 7) is 1.80. The summed E-state index contributed by atoms with van der Waals surface area (Å²) in [7, 11) is 0. The van der Waals surface area contributed by atoms with Crippen molar-refractivity contribution >= 4 is 17.5 Å². The van der Waals surface area contributed by atoms with Crippen LogP contribution in [0.25, 0.3) is 16.9 Å². The van der Waals surface area contributed by atoms with Crippen molar-refractivity contribution in [1.29, 1.82) is 0 Å². The van der Waals surface area contributed by atoms with E-state index >= 15 is 0 Å². The molecule has 3 aromatic rings. The highest BCUT2D eigenvalue weighted by Crippen LogP contribution is 2.28. The van der Waals surface area contributed by atoms with Gasteiger partial charge >= 0.3 is 6.18 Å². The van der Waals surface area contributed by atoms with Crippen LogP contribution >= 0.6 is 11.6 Å². The second kappa shape index (κ2) is 8.67. The summed E-state index contributed by atoms with van der Waals surface area (Å²) in [5, 5.41) is 16.2. The van der Waals surface area contributed by atoms with Crippen molar-refractivity contribution in [1.82, 2.24) is 25.1 Å². The molecule has 0 fully saturated rings. The van der Waals surface area contributed by atoms with E-state index in [0.29, 0.717) is 10.6 Å². The third kappa shape index (κ3) is 5.11. The van der Waals surface area contributed by atoms with E-state index in [9.17, 15) is 27.9 Å².